The molecule has 0 spiro atoms. The molecule has 3 atom stereocenters. The van der Waals surface area contributed by atoms with E-state index in [9.17, 15) is 0 Å². The fourth-order valence-corrected chi connectivity index (χ4v) is 2.66. The molecule has 82 valence electrons. The molecule has 1 heterocycles. The Bertz CT molecular complexity index is 161. The normalized spacial score (nSPS) is 38.8. The van der Waals surface area contributed by atoms with Crippen LogP contribution in [0.2, 0.25) is 0 Å². The predicted molar refractivity (Wildman–Crippen MR) is 59.2 cm³/mol. The Kier molecular flexibility index (Phi) is 3.79. The highest BCUT2D eigenvalue weighted by molar-refractivity contribution is 4.82. The minimum absolute atomic E-state index is 0.478. The minimum atomic E-state index is 0.478. The van der Waals surface area contributed by atoms with Crippen molar-refractivity contribution in [2.45, 2.75) is 44.2 Å². The van der Waals surface area contributed by atoms with E-state index >= 15 is 0 Å². The van der Waals surface area contributed by atoms with E-state index < -0.39 is 0 Å². The van der Waals surface area contributed by atoms with Gasteiger partial charge < -0.3 is 16.4 Å². The van der Waals surface area contributed by atoms with E-state index in [4.69, 9.17) is 5.73 Å². The summed E-state index contributed by atoms with van der Waals surface area (Å²) in [5.74, 6) is 0.840. The molecule has 0 amide bonds. The van der Waals surface area contributed by atoms with Crippen LogP contribution in [0.25, 0.3) is 0 Å². The average molecular weight is 197 g/mol. The first-order valence-electron chi connectivity index (χ1n) is 6.04. The van der Waals surface area contributed by atoms with E-state index in [-0.39, 0.29) is 0 Å². The molecule has 0 aromatic carbocycles. The number of nitrogens with one attached hydrogen (secondary N) is 2. The zero-order valence-electron chi connectivity index (χ0n) is 8.97. The molecule has 2 aliphatic rings. The lowest BCUT2D eigenvalue weighted by Crippen LogP contribution is -2.44. The molecule has 0 radical (unpaired) electrons. The van der Waals surface area contributed by atoms with Crippen molar-refractivity contribution < 1.29 is 0 Å². The van der Waals surface area contributed by atoms with Crippen molar-refractivity contribution in [3.63, 3.8) is 0 Å². The molecule has 0 aromatic heterocycles. The van der Waals surface area contributed by atoms with E-state index in [1.807, 2.05) is 0 Å². The van der Waals surface area contributed by atoms with Gasteiger partial charge >= 0.3 is 0 Å². The summed E-state index contributed by atoms with van der Waals surface area (Å²) >= 11 is 0. The van der Waals surface area contributed by atoms with Crippen molar-refractivity contribution in [3.05, 3.63) is 0 Å². The van der Waals surface area contributed by atoms with Crippen LogP contribution in [0.1, 0.15) is 32.1 Å². The molecule has 3 unspecified atom stereocenters. The Morgan fingerprint density at radius 1 is 1.29 bits per heavy atom. The van der Waals surface area contributed by atoms with Gasteiger partial charge in [0.05, 0.1) is 0 Å². The van der Waals surface area contributed by atoms with Crippen LogP contribution in [0.4, 0.5) is 0 Å². The number of hydrogen-bond donors (Lipinski definition) is 3. The van der Waals surface area contributed by atoms with Crippen LogP contribution in [-0.2, 0) is 0 Å². The summed E-state index contributed by atoms with van der Waals surface area (Å²) < 4.78 is 0. The van der Waals surface area contributed by atoms with Crippen molar-refractivity contribution in [1.29, 1.82) is 0 Å². The van der Waals surface area contributed by atoms with Gasteiger partial charge in [-0.15, -0.1) is 0 Å². The van der Waals surface area contributed by atoms with Gasteiger partial charge in [0.2, 0.25) is 0 Å². The Labute approximate surface area is 86.8 Å². The molecule has 1 aliphatic carbocycles. The zero-order chi connectivity index (χ0) is 9.80. The quantitative estimate of drug-likeness (QED) is 0.616. The van der Waals surface area contributed by atoms with Crippen LogP contribution in [0.5, 0.6) is 0 Å². The van der Waals surface area contributed by atoms with Crippen molar-refractivity contribution in [2.24, 2.45) is 11.7 Å². The molecule has 3 nitrogen and oxygen atoms in total. The van der Waals surface area contributed by atoms with Gasteiger partial charge in [0.25, 0.3) is 0 Å². The summed E-state index contributed by atoms with van der Waals surface area (Å²) in [6.45, 7) is 3.53. The Balaban J connectivity index is 1.61. The first-order chi connectivity index (χ1) is 6.84. The molecule has 2 fully saturated rings. The van der Waals surface area contributed by atoms with Crippen molar-refractivity contribution in [2.75, 3.05) is 19.6 Å². The molecule has 3 heteroatoms. The summed E-state index contributed by atoms with van der Waals surface area (Å²) in [4.78, 5) is 0. The molecule has 0 bridgehead atoms. The Morgan fingerprint density at radius 2 is 2.21 bits per heavy atom. The third-order valence-corrected chi connectivity index (χ3v) is 3.57. The number of hydrogen-bond acceptors (Lipinski definition) is 3. The summed E-state index contributed by atoms with van der Waals surface area (Å²) in [5.41, 5.74) is 5.89. The van der Waals surface area contributed by atoms with Crippen molar-refractivity contribution >= 4 is 0 Å². The second kappa shape index (κ2) is 5.10. The van der Waals surface area contributed by atoms with Gasteiger partial charge in [0.1, 0.15) is 0 Å². The maximum Gasteiger partial charge on any atom is 0.0193 e. The van der Waals surface area contributed by atoms with Crippen molar-refractivity contribution in [3.8, 4) is 0 Å². The second-order valence-corrected chi connectivity index (χ2v) is 4.89. The van der Waals surface area contributed by atoms with Crippen LogP contribution in [0.15, 0.2) is 0 Å². The molecular weight excluding hydrogens is 174 g/mol. The first kappa shape index (κ1) is 10.4. The highest BCUT2D eigenvalue weighted by Crippen LogP contribution is 2.23. The fourth-order valence-electron chi connectivity index (χ4n) is 2.66. The fraction of sp³-hybridized carbons (Fsp3) is 1.00. The lowest BCUT2D eigenvalue weighted by Gasteiger charge is -2.25. The van der Waals surface area contributed by atoms with E-state index in [1.165, 1.54) is 45.2 Å². The van der Waals surface area contributed by atoms with E-state index in [0.717, 1.165) is 12.5 Å². The molecule has 0 aromatic rings. The summed E-state index contributed by atoms with van der Waals surface area (Å²) in [6.07, 6.45) is 6.45. The van der Waals surface area contributed by atoms with Gasteiger partial charge in [0.15, 0.2) is 0 Å². The molecule has 1 saturated heterocycles. The maximum atomic E-state index is 5.89. The van der Waals surface area contributed by atoms with Crippen LogP contribution >= 0.6 is 0 Å². The van der Waals surface area contributed by atoms with E-state index in [1.54, 1.807) is 0 Å². The van der Waals surface area contributed by atoms with Gasteiger partial charge in [-0.3, -0.25) is 0 Å². The number of piperidine rings is 1. The highest BCUT2D eigenvalue weighted by atomic mass is 15.0. The smallest absolute Gasteiger partial charge is 0.0193 e. The Morgan fingerprint density at radius 3 is 2.86 bits per heavy atom. The molecule has 4 N–H and O–H groups in total. The van der Waals surface area contributed by atoms with Gasteiger partial charge in [-0.2, -0.15) is 0 Å². The van der Waals surface area contributed by atoms with Crippen LogP contribution in [-0.4, -0.2) is 31.7 Å². The zero-order valence-corrected chi connectivity index (χ0v) is 8.97. The standard InChI is InChI=1S/C11H23N3/c12-10-4-3-9(6-10)7-14-11-2-1-5-13-8-11/h9-11,13-14H,1-8,12H2. The largest absolute Gasteiger partial charge is 0.328 e. The van der Waals surface area contributed by atoms with E-state index in [0.29, 0.717) is 12.1 Å². The monoisotopic (exact) mass is 197 g/mol. The van der Waals surface area contributed by atoms with E-state index in [2.05, 4.69) is 10.6 Å². The van der Waals surface area contributed by atoms with Crippen LogP contribution in [0.3, 0.4) is 0 Å². The number of nitrogens with two attached hydrogens (primary N) is 1. The topological polar surface area (TPSA) is 50.1 Å². The van der Waals surface area contributed by atoms with Gasteiger partial charge in [-0.05, 0) is 51.1 Å². The van der Waals surface area contributed by atoms with Gasteiger partial charge in [0, 0.05) is 18.6 Å². The molecule has 2 rings (SSSR count). The molecule has 1 aliphatic heterocycles. The second-order valence-electron chi connectivity index (χ2n) is 4.89. The summed E-state index contributed by atoms with van der Waals surface area (Å²) in [7, 11) is 0. The first-order valence-corrected chi connectivity index (χ1v) is 6.04. The van der Waals surface area contributed by atoms with Crippen molar-refractivity contribution in [1.82, 2.24) is 10.6 Å². The Hall–Kier alpha value is -0.120. The predicted octanol–water partition coefficient (Wildman–Crippen LogP) is 0.455. The summed E-state index contributed by atoms with van der Waals surface area (Å²) in [6, 6.07) is 1.19. The summed E-state index contributed by atoms with van der Waals surface area (Å²) in [5, 5.41) is 7.10. The lowest BCUT2D eigenvalue weighted by molar-refractivity contribution is 0.360. The molecule has 14 heavy (non-hydrogen) atoms. The number of rotatable bonds is 3. The molecular formula is C11H23N3. The third-order valence-electron chi connectivity index (χ3n) is 3.57. The van der Waals surface area contributed by atoms with Crippen LogP contribution in [0, 0.1) is 5.92 Å². The highest BCUT2D eigenvalue weighted by Gasteiger charge is 2.22. The third kappa shape index (κ3) is 2.94. The van der Waals surface area contributed by atoms with Crippen LogP contribution < -0.4 is 16.4 Å². The molecule has 1 saturated carbocycles. The minimum Gasteiger partial charge on any atom is -0.328 e. The SMILES string of the molecule is NC1CCC(CNC2CCCNC2)C1. The van der Waals surface area contributed by atoms with Gasteiger partial charge in [-0.25, -0.2) is 0 Å². The van der Waals surface area contributed by atoms with Gasteiger partial charge in [-0.1, -0.05) is 0 Å². The maximum absolute atomic E-state index is 5.89. The average Bonchev–Trinajstić information content (AvgIpc) is 2.63. The lowest BCUT2D eigenvalue weighted by atomic mass is 10.0.